The van der Waals surface area contributed by atoms with Gasteiger partial charge in [0.05, 0.1) is 0 Å². The van der Waals surface area contributed by atoms with E-state index in [1.54, 1.807) is 0 Å². The molecule has 1 nitrogen and oxygen atoms in total. The lowest BCUT2D eigenvalue weighted by Crippen LogP contribution is -2.41. The van der Waals surface area contributed by atoms with Gasteiger partial charge in [-0.05, 0) is 44.8 Å². The first-order chi connectivity index (χ1) is 6.97. The molecule has 1 saturated carbocycles. The van der Waals surface area contributed by atoms with Gasteiger partial charge in [0.2, 0.25) is 0 Å². The minimum Gasteiger partial charge on any atom is -0.402 e. The summed E-state index contributed by atoms with van der Waals surface area (Å²) < 4.78 is 6.46. The van der Waals surface area contributed by atoms with E-state index in [1.165, 1.54) is 51.0 Å². The van der Waals surface area contributed by atoms with Crippen LogP contribution in [-0.2, 0) is 4.43 Å². The molecule has 0 amide bonds. The number of hydrogen-bond donors (Lipinski definition) is 0. The average molecular weight is 293 g/mol. The Kier molecular flexibility index (Phi) is 5.33. The van der Waals surface area contributed by atoms with Crippen LogP contribution in [0.1, 0.15) is 51.9 Å². The van der Waals surface area contributed by atoms with Crippen molar-refractivity contribution in [3.63, 3.8) is 0 Å². The minimum absolute atomic E-state index is 0.0364. The van der Waals surface area contributed by atoms with Crippen LogP contribution in [0.15, 0.2) is 0 Å². The molecule has 0 unspecified atom stereocenters. The molecule has 0 aromatic carbocycles. The van der Waals surface area contributed by atoms with Crippen molar-refractivity contribution in [2.75, 3.05) is 0 Å². The maximum absolute atomic E-state index is 6.42. The van der Waals surface area contributed by atoms with Gasteiger partial charge in [-0.15, -0.1) is 0 Å². The molecule has 90 valence electrons. The zero-order valence-electron chi connectivity index (χ0n) is 10.4. The largest absolute Gasteiger partial charge is 0.402 e. The van der Waals surface area contributed by atoms with E-state index in [-0.39, 0.29) is 4.51 Å². The fourth-order valence-electron chi connectivity index (χ4n) is 2.33. The molecule has 0 N–H and O–H groups in total. The van der Waals surface area contributed by atoms with Crippen molar-refractivity contribution in [3.8, 4) is 0 Å². The van der Waals surface area contributed by atoms with Gasteiger partial charge in [0.25, 0.3) is 0 Å². The molecule has 1 fully saturated rings. The summed E-state index contributed by atoms with van der Waals surface area (Å²) in [7, 11) is -1.43. The first-order valence-electron chi connectivity index (χ1n) is 6.36. The summed E-state index contributed by atoms with van der Waals surface area (Å²) in [4.78, 5) is 0. The van der Waals surface area contributed by atoms with E-state index in [1.807, 2.05) is 0 Å². The first kappa shape index (κ1) is 13.7. The summed E-state index contributed by atoms with van der Waals surface area (Å²) in [5, 5.41) is 0. The molecule has 0 spiro atoms. The number of halogens is 1. The third-order valence-electron chi connectivity index (χ3n) is 3.19. The van der Waals surface area contributed by atoms with Gasteiger partial charge in [-0.25, -0.2) is 0 Å². The molecule has 0 aliphatic heterocycles. The molecule has 0 aromatic heterocycles. The Balaban J connectivity index is 2.43. The van der Waals surface area contributed by atoms with Crippen molar-refractivity contribution < 1.29 is 4.43 Å². The second-order valence-corrected chi connectivity index (χ2v) is 11.1. The number of hydrogen-bond acceptors (Lipinski definition) is 1. The molecule has 1 aliphatic carbocycles. The van der Waals surface area contributed by atoms with Crippen LogP contribution in [0.2, 0.25) is 19.1 Å². The van der Waals surface area contributed by atoms with Crippen molar-refractivity contribution in [1.29, 1.82) is 0 Å². The predicted octanol–water partition coefficient (Wildman–Crippen LogP) is 5.06. The highest BCUT2D eigenvalue weighted by atomic mass is 79.9. The maximum Gasteiger partial charge on any atom is 0.188 e. The molecule has 0 bridgehead atoms. The molecule has 15 heavy (non-hydrogen) atoms. The molecule has 0 atom stereocenters. The highest BCUT2D eigenvalue weighted by Gasteiger charge is 2.36. The molecular formula is C12H25BrOSi. The van der Waals surface area contributed by atoms with Crippen molar-refractivity contribution >= 4 is 24.2 Å². The Hall–Kier alpha value is 0.657. The summed E-state index contributed by atoms with van der Waals surface area (Å²) >= 11 is 3.84. The van der Waals surface area contributed by atoms with Crippen LogP contribution in [0.4, 0.5) is 0 Å². The van der Waals surface area contributed by atoms with E-state index in [0.717, 1.165) is 0 Å². The monoisotopic (exact) mass is 292 g/mol. The third-order valence-corrected chi connectivity index (χ3v) is 6.95. The maximum atomic E-state index is 6.42. The second-order valence-electron chi connectivity index (χ2n) is 5.41. The molecule has 1 rings (SSSR count). The number of rotatable bonds is 5. The van der Waals surface area contributed by atoms with E-state index in [0.29, 0.717) is 0 Å². The Morgan fingerprint density at radius 3 is 2.33 bits per heavy atom. The van der Waals surface area contributed by atoms with Crippen LogP contribution in [0.25, 0.3) is 0 Å². The van der Waals surface area contributed by atoms with E-state index >= 15 is 0 Å². The van der Waals surface area contributed by atoms with Gasteiger partial charge in [-0.2, -0.15) is 0 Å². The van der Waals surface area contributed by atoms with Gasteiger partial charge < -0.3 is 4.43 Å². The predicted molar refractivity (Wildman–Crippen MR) is 73.0 cm³/mol. The number of unbranched alkanes of at least 4 members (excludes halogenated alkanes) is 1. The molecule has 0 heterocycles. The Morgan fingerprint density at radius 1 is 1.20 bits per heavy atom. The van der Waals surface area contributed by atoms with E-state index < -0.39 is 8.32 Å². The van der Waals surface area contributed by atoms with Gasteiger partial charge in [0, 0.05) is 0 Å². The van der Waals surface area contributed by atoms with Crippen LogP contribution < -0.4 is 0 Å². The summed E-state index contributed by atoms with van der Waals surface area (Å²) in [5.74, 6) is 0. The van der Waals surface area contributed by atoms with Gasteiger partial charge in [0.15, 0.2) is 8.32 Å². The van der Waals surface area contributed by atoms with Gasteiger partial charge in [0.1, 0.15) is 4.51 Å². The summed E-state index contributed by atoms with van der Waals surface area (Å²) in [5.41, 5.74) is 0. The van der Waals surface area contributed by atoms with Crippen molar-refractivity contribution in [2.45, 2.75) is 75.5 Å². The van der Waals surface area contributed by atoms with Gasteiger partial charge >= 0.3 is 0 Å². The lowest BCUT2D eigenvalue weighted by Gasteiger charge is -2.38. The summed E-state index contributed by atoms with van der Waals surface area (Å²) in [6.07, 6.45) is 9.04. The topological polar surface area (TPSA) is 9.23 Å². The first-order valence-corrected chi connectivity index (χ1v) is 10.3. The minimum atomic E-state index is -1.43. The fraction of sp³-hybridized carbons (Fsp3) is 1.00. The summed E-state index contributed by atoms with van der Waals surface area (Å²) in [6, 6.07) is 1.30. The van der Waals surface area contributed by atoms with Crippen LogP contribution in [0, 0.1) is 0 Å². The standard InChI is InChI=1S/C12H25BrOSi/c1-4-5-11-15(2,3)14-12(13)9-7-6-8-10-12/h4-11H2,1-3H3. The van der Waals surface area contributed by atoms with E-state index in [2.05, 4.69) is 35.9 Å². The Morgan fingerprint density at radius 2 is 1.80 bits per heavy atom. The average Bonchev–Trinajstić information content (AvgIpc) is 2.14. The molecular weight excluding hydrogens is 268 g/mol. The number of alkyl halides is 1. The molecule has 1 aliphatic rings. The van der Waals surface area contributed by atoms with Gasteiger partial charge in [-0.3, -0.25) is 0 Å². The lowest BCUT2D eigenvalue weighted by molar-refractivity contribution is 0.118. The highest BCUT2D eigenvalue weighted by molar-refractivity contribution is 9.10. The van der Waals surface area contributed by atoms with Crippen LogP contribution in [0.3, 0.4) is 0 Å². The Bertz CT molecular complexity index is 188. The zero-order valence-corrected chi connectivity index (χ0v) is 13.0. The lowest BCUT2D eigenvalue weighted by atomic mass is 9.98. The van der Waals surface area contributed by atoms with Crippen molar-refractivity contribution in [2.24, 2.45) is 0 Å². The van der Waals surface area contributed by atoms with Crippen LogP contribution in [-0.4, -0.2) is 12.8 Å². The summed E-state index contributed by atoms with van der Waals surface area (Å²) in [6.45, 7) is 6.98. The normalized spacial score (nSPS) is 21.6. The third kappa shape index (κ3) is 5.01. The van der Waals surface area contributed by atoms with Crippen LogP contribution >= 0.6 is 15.9 Å². The molecule has 0 aromatic rings. The second kappa shape index (κ2) is 5.83. The van der Waals surface area contributed by atoms with E-state index in [4.69, 9.17) is 4.43 Å². The molecule has 3 heteroatoms. The molecule has 0 saturated heterocycles. The highest BCUT2D eigenvalue weighted by Crippen LogP contribution is 2.40. The van der Waals surface area contributed by atoms with Crippen molar-refractivity contribution in [1.82, 2.24) is 0 Å². The fourth-order valence-corrected chi connectivity index (χ4v) is 6.71. The Labute approximate surface area is 104 Å². The zero-order chi connectivity index (χ0) is 11.4. The molecule has 0 radical (unpaired) electrons. The smallest absolute Gasteiger partial charge is 0.188 e. The van der Waals surface area contributed by atoms with E-state index in [9.17, 15) is 0 Å². The van der Waals surface area contributed by atoms with Crippen LogP contribution in [0.5, 0.6) is 0 Å². The SMILES string of the molecule is CCCC[Si](C)(C)OC1(Br)CCCCC1. The quantitative estimate of drug-likeness (QED) is 0.508. The van der Waals surface area contributed by atoms with Gasteiger partial charge in [-0.1, -0.05) is 42.1 Å². The van der Waals surface area contributed by atoms with Crippen molar-refractivity contribution in [3.05, 3.63) is 0 Å².